The predicted molar refractivity (Wildman–Crippen MR) is 253 cm³/mol. The highest BCUT2D eigenvalue weighted by Gasteiger charge is 2.12. The molecule has 1 nitrogen and oxygen atoms in total. The largest absolute Gasteiger partial charge is 0.381 e. The van der Waals surface area contributed by atoms with Gasteiger partial charge in [0.2, 0.25) is 0 Å². The summed E-state index contributed by atoms with van der Waals surface area (Å²) in [5.41, 5.74) is 2.18. The third kappa shape index (κ3) is 65.3. The van der Waals surface area contributed by atoms with E-state index in [1.807, 2.05) is 13.0 Å². The van der Waals surface area contributed by atoms with Gasteiger partial charge in [-0.3, -0.25) is 0 Å². The summed E-state index contributed by atoms with van der Waals surface area (Å²) in [7, 11) is 0. The van der Waals surface area contributed by atoms with E-state index in [0.717, 1.165) is 54.3 Å². The molecule has 0 radical (unpaired) electrons. The summed E-state index contributed by atoms with van der Waals surface area (Å²) in [5, 5.41) is 0. The van der Waals surface area contributed by atoms with Crippen LogP contribution in [0.3, 0.4) is 0 Å². The fourth-order valence-corrected chi connectivity index (χ4v) is 4.73. The van der Waals surface area contributed by atoms with Gasteiger partial charge >= 0.3 is 0 Å². The van der Waals surface area contributed by atoms with Crippen LogP contribution in [0.1, 0.15) is 250 Å². The molecule has 1 aromatic carbocycles. The van der Waals surface area contributed by atoms with Gasteiger partial charge in [0.05, 0.1) is 0 Å². The van der Waals surface area contributed by atoms with Crippen LogP contribution < -0.4 is 0 Å². The quantitative estimate of drug-likeness (QED) is 0.291. The number of aryl methyl sites for hydroxylation is 2. The minimum Gasteiger partial charge on any atom is -0.381 e. The van der Waals surface area contributed by atoms with Gasteiger partial charge in [0, 0.05) is 13.2 Å². The summed E-state index contributed by atoms with van der Waals surface area (Å²) in [4.78, 5) is 0. The van der Waals surface area contributed by atoms with Crippen LogP contribution in [0.5, 0.6) is 0 Å². The summed E-state index contributed by atoms with van der Waals surface area (Å²) in [5.74, 6) is 5.86. The molecule has 5 aliphatic rings. The van der Waals surface area contributed by atoms with Crippen LogP contribution in [0.25, 0.3) is 0 Å². The predicted octanol–water partition coefficient (Wildman–Crippen LogP) is 19.2. The van der Waals surface area contributed by atoms with Crippen LogP contribution in [0, 0.1) is 60.6 Å². The Morgan fingerprint density at radius 1 is 0.527 bits per heavy atom. The first-order valence-electron chi connectivity index (χ1n) is 24.0. The SMILES string of the molecule is CC(C)(C)C.CC(C)C.CC1CC1.CC1CCC1.CC1CCCC1.CC1CCCCC1.CC1CCOCC1.CCCC.CCCC.Cc1ccc(C)c(F)c1. The normalized spacial score (nSPS) is 17.9. The van der Waals surface area contributed by atoms with Gasteiger partial charge in [-0.05, 0) is 84.8 Å². The third-order valence-electron chi connectivity index (χ3n) is 9.63. The van der Waals surface area contributed by atoms with E-state index in [4.69, 9.17) is 4.74 Å². The molecule has 0 amide bonds. The molecular weight excluding hydrogens is 672 g/mol. The smallest absolute Gasteiger partial charge is 0.126 e. The van der Waals surface area contributed by atoms with E-state index in [9.17, 15) is 4.39 Å². The van der Waals surface area contributed by atoms with E-state index in [2.05, 4.69) is 111 Å². The van der Waals surface area contributed by atoms with Crippen molar-refractivity contribution in [1.29, 1.82) is 0 Å². The van der Waals surface area contributed by atoms with Crippen molar-refractivity contribution in [2.24, 2.45) is 40.9 Å². The van der Waals surface area contributed by atoms with Crippen molar-refractivity contribution < 1.29 is 9.13 Å². The molecule has 0 aromatic heterocycles. The average Bonchev–Trinajstić information content (AvgIpc) is 3.75. The summed E-state index contributed by atoms with van der Waals surface area (Å²) >= 11 is 0. The fraction of sp³-hybridized carbons (Fsp3) is 0.887. The van der Waals surface area contributed by atoms with Crippen molar-refractivity contribution in [3.63, 3.8) is 0 Å². The first kappa shape index (κ1) is 60.8. The maximum absolute atomic E-state index is 12.6. The van der Waals surface area contributed by atoms with E-state index < -0.39 is 0 Å². The fourth-order valence-electron chi connectivity index (χ4n) is 4.73. The lowest BCUT2D eigenvalue weighted by Gasteiger charge is -2.18. The molecule has 6 rings (SSSR count). The molecule has 1 aromatic rings. The van der Waals surface area contributed by atoms with Gasteiger partial charge in [-0.1, -0.05) is 238 Å². The van der Waals surface area contributed by atoms with E-state index in [-0.39, 0.29) is 5.82 Å². The van der Waals surface area contributed by atoms with Crippen LogP contribution in [0.15, 0.2) is 18.2 Å². The minimum absolute atomic E-state index is 0.116. The van der Waals surface area contributed by atoms with E-state index >= 15 is 0 Å². The second kappa shape index (κ2) is 42.7. The van der Waals surface area contributed by atoms with Crippen LogP contribution >= 0.6 is 0 Å². The Balaban J connectivity index is -0.000000266. The topological polar surface area (TPSA) is 9.23 Å². The Morgan fingerprint density at radius 3 is 0.964 bits per heavy atom. The molecule has 0 spiro atoms. The van der Waals surface area contributed by atoms with Crippen LogP contribution in [-0.2, 0) is 4.74 Å². The number of benzene rings is 1. The Morgan fingerprint density at radius 2 is 0.818 bits per heavy atom. The highest BCUT2D eigenvalue weighted by molar-refractivity contribution is 5.21. The number of hydrogen-bond acceptors (Lipinski definition) is 1. The first-order valence-corrected chi connectivity index (χ1v) is 24.0. The molecule has 0 atom stereocenters. The van der Waals surface area contributed by atoms with Gasteiger partial charge in [-0.25, -0.2) is 4.39 Å². The summed E-state index contributed by atoms with van der Waals surface area (Å²) in [6.07, 6.45) is 28.6. The minimum atomic E-state index is -0.116. The lowest BCUT2D eigenvalue weighted by molar-refractivity contribution is 0.0716. The maximum Gasteiger partial charge on any atom is 0.126 e. The number of rotatable bonds is 2. The maximum atomic E-state index is 12.6. The zero-order valence-corrected chi connectivity index (χ0v) is 41.5. The lowest BCUT2D eigenvalue weighted by Crippen LogP contribution is -2.12. The second-order valence-corrected chi connectivity index (χ2v) is 20.1. The van der Waals surface area contributed by atoms with Gasteiger partial charge in [-0.2, -0.15) is 0 Å². The van der Waals surface area contributed by atoms with Gasteiger partial charge < -0.3 is 4.74 Å². The summed E-state index contributed by atoms with van der Waals surface area (Å²) in [6.45, 7) is 41.2. The Labute approximate surface area is 350 Å². The third-order valence-corrected chi connectivity index (χ3v) is 9.63. The van der Waals surface area contributed by atoms with E-state index in [1.54, 1.807) is 13.0 Å². The van der Waals surface area contributed by atoms with Crippen molar-refractivity contribution in [2.45, 2.75) is 253 Å². The van der Waals surface area contributed by atoms with Crippen molar-refractivity contribution in [1.82, 2.24) is 0 Å². The molecular formula is C53H107FO. The number of ether oxygens (including phenoxy) is 1. The van der Waals surface area contributed by atoms with Gasteiger partial charge in [0.15, 0.2) is 0 Å². The van der Waals surface area contributed by atoms with E-state index in [1.165, 1.54) is 134 Å². The highest BCUT2D eigenvalue weighted by Crippen LogP contribution is 2.27. The Kier molecular flexibility index (Phi) is 47.2. The molecule has 1 aliphatic heterocycles. The molecule has 5 fully saturated rings. The van der Waals surface area contributed by atoms with Crippen molar-refractivity contribution in [3.8, 4) is 0 Å². The molecule has 2 heteroatoms. The second-order valence-electron chi connectivity index (χ2n) is 20.1. The number of hydrogen-bond donors (Lipinski definition) is 0. The number of unbranched alkanes of at least 4 members (excludes halogenated alkanes) is 2. The summed E-state index contributed by atoms with van der Waals surface area (Å²) in [6, 6.07) is 5.22. The van der Waals surface area contributed by atoms with Gasteiger partial charge in [0.25, 0.3) is 0 Å². The summed E-state index contributed by atoms with van der Waals surface area (Å²) < 4.78 is 17.7. The van der Waals surface area contributed by atoms with E-state index in [0.29, 0.717) is 11.0 Å². The van der Waals surface area contributed by atoms with Crippen molar-refractivity contribution >= 4 is 0 Å². The molecule has 55 heavy (non-hydrogen) atoms. The standard InChI is InChI=1S/C8H9F.C7H14.C6H12O.C6H12.C5H10.C5H12.C4H8.3C4H10/c1-6-3-4-7(2)8(9)5-6;1-7-5-3-2-4-6-7;1-6-2-4-7-5-3-6;1-6-4-2-3-5-6;1-5-3-2-4-5;1-5(2,3)4;1-4-2-3-4;1-4(2)3;2*1-3-4-2/h3-5H,1-2H3;7H,2-6H2,1H3;6H,2-5H2,1H3;6H,2-5H2,1H3;5H,2-4H2,1H3;1-4H3;4H,2-3H2,1H3;4H,1-3H3;2*3-4H2,1-2H3. The van der Waals surface area contributed by atoms with Crippen molar-refractivity contribution in [3.05, 3.63) is 35.1 Å². The molecule has 0 unspecified atom stereocenters. The average molecular weight is 779 g/mol. The highest BCUT2D eigenvalue weighted by atomic mass is 19.1. The molecule has 1 saturated heterocycles. The van der Waals surface area contributed by atoms with Crippen molar-refractivity contribution in [2.75, 3.05) is 13.2 Å². The zero-order chi connectivity index (χ0) is 43.1. The first-order chi connectivity index (χ1) is 25.7. The monoisotopic (exact) mass is 779 g/mol. The van der Waals surface area contributed by atoms with Crippen LogP contribution in [0.2, 0.25) is 0 Å². The molecule has 332 valence electrons. The molecule has 0 bridgehead atoms. The molecule has 1 heterocycles. The zero-order valence-electron chi connectivity index (χ0n) is 41.5. The lowest BCUT2D eigenvalue weighted by atomic mass is 9.88. The van der Waals surface area contributed by atoms with Gasteiger partial charge in [0.1, 0.15) is 5.82 Å². The molecule has 0 N–H and O–H groups in total. The van der Waals surface area contributed by atoms with Crippen LogP contribution in [0.4, 0.5) is 4.39 Å². The Hall–Kier alpha value is -0.890. The van der Waals surface area contributed by atoms with Gasteiger partial charge in [-0.15, -0.1) is 0 Å². The molecule has 4 saturated carbocycles. The van der Waals surface area contributed by atoms with Crippen LogP contribution in [-0.4, -0.2) is 13.2 Å². The molecule has 4 aliphatic carbocycles. The number of halogens is 1. The Bertz CT molecular complexity index is 811.